The lowest BCUT2D eigenvalue weighted by molar-refractivity contribution is 0.618. The Labute approximate surface area is 230 Å². The summed E-state index contributed by atoms with van der Waals surface area (Å²) in [6, 6.07) is 43.3. The van der Waals surface area contributed by atoms with Gasteiger partial charge in [-0.3, -0.25) is 0 Å². The lowest BCUT2D eigenvalue weighted by Crippen LogP contribution is -2.00. The van der Waals surface area contributed by atoms with Crippen molar-refractivity contribution in [2.45, 2.75) is 0 Å². The van der Waals surface area contributed by atoms with Crippen LogP contribution in [-0.4, -0.2) is 19.5 Å². The van der Waals surface area contributed by atoms with Gasteiger partial charge in [0.25, 0.3) is 0 Å². The van der Waals surface area contributed by atoms with Crippen LogP contribution < -0.4 is 0 Å². The van der Waals surface area contributed by atoms with Crippen LogP contribution >= 0.6 is 0 Å². The third kappa shape index (κ3) is 3.60. The summed E-state index contributed by atoms with van der Waals surface area (Å²) in [6.07, 6.45) is 1.75. The fraction of sp³-hybridized carbons (Fsp3) is 0. The van der Waals surface area contributed by atoms with Crippen LogP contribution in [0.15, 0.2) is 138 Å². The standard InChI is InChI=1S/C35H22N4O/c1-3-9-24(10-4-1)33-36-34(25-11-5-2-6-12-25)38-35(37-33)26-15-18-27(19-16-26)39-30-14-8-7-13-28(30)29-20-17-23-21-22-40-32(23)31(29)39/h1-22H. The minimum atomic E-state index is 0.634. The van der Waals surface area contributed by atoms with Crippen molar-refractivity contribution in [3.05, 3.63) is 134 Å². The molecule has 8 rings (SSSR count). The predicted molar refractivity (Wildman–Crippen MR) is 160 cm³/mol. The van der Waals surface area contributed by atoms with Crippen LogP contribution in [0.4, 0.5) is 0 Å². The van der Waals surface area contributed by atoms with Crippen molar-refractivity contribution in [1.82, 2.24) is 19.5 Å². The maximum Gasteiger partial charge on any atom is 0.164 e. The van der Waals surface area contributed by atoms with Crippen molar-refractivity contribution >= 4 is 32.8 Å². The van der Waals surface area contributed by atoms with Gasteiger partial charge >= 0.3 is 0 Å². The molecule has 0 spiro atoms. The molecule has 40 heavy (non-hydrogen) atoms. The molecule has 3 heterocycles. The highest BCUT2D eigenvalue weighted by atomic mass is 16.3. The Morgan fingerprint density at radius 3 is 1.70 bits per heavy atom. The Morgan fingerprint density at radius 1 is 0.475 bits per heavy atom. The highest BCUT2D eigenvalue weighted by Crippen LogP contribution is 2.37. The van der Waals surface area contributed by atoms with Crippen LogP contribution in [0.1, 0.15) is 0 Å². The SMILES string of the molecule is c1ccc(-c2nc(-c3ccccc3)nc(-c3ccc(-n4c5ccccc5c5ccc6ccoc6c54)cc3)n2)cc1. The van der Waals surface area contributed by atoms with E-state index in [9.17, 15) is 0 Å². The summed E-state index contributed by atoms with van der Waals surface area (Å²) in [5.74, 6) is 1.93. The molecule has 0 bridgehead atoms. The van der Waals surface area contributed by atoms with Crippen molar-refractivity contribution in [3.63, 3.8) is 0 Å². The molecule has 0 N–H and O–H groups in total. The smallest absolute Gasteiger partial charge is 0.164 e. The normalized spacial score (nSPS) is 11.5. The van der Waals surface area contributed by atoms with Gasteiger partial charge in [0.2, 0.25) is 0 Å². The van der Waals surface area contributed by atoms with E-state index >= 15 is 0 Å². The van der Waals surface area contributed by atoms with Crippen molar-refractivity contribution in [3.8, 4) is 39.9 Å². The summed E-state index contributed by atoms with van der Waals surface area (Å²) in [7, 11) is 0. The second kappa shape index (κ2) is 9.03. The first-order chi connectivity index (χ1) is 19.8. The van der Waals surface area contributed by atoms with Crippen molar-refractivity contribution in [2.24, 2.45) is 0 Å². The number of hydrogen-bond donors (Lipinski definition) is 0. The number of furan rings is 1. The van der Waals surface area contributed by atoms with Gasteiger partial charge in [0, 0.05) is 38.5 Å². The summed E-state index contributed by atoms with van der Waals surface area (Å²) in [5.41, 5.74) is 6.95. The van der Waals surface area contributed by atoms with E-state index in [0.717, 1.165) is 44.4 Å². The van der Waals surface area contributed by atoms with E-state index in [1.807, 2.05) is 66.7 Å². The Kier molecular flexibility index (Phi) is 5.07. The van der Waals surface area contributed by atoms with Gasteiger partial charge in [-0.2, -0.15) is 0 Å². The summed E-state index contributed by atoms with van der Waals surface area (Å²) in [4.78, 5) is 14.6. The van der Waals surface area contributed by atoms with Gasteiger partial charge in [0.15, 0.2) is 23.1 Å². The predicted octanol–water partition coefficient (Wildman–Crippen LogP) is 8.72. The zero-order valence-corrected chi connectivity index (χ0v) is 21.4. The molecular formula is C35H22N4O. The molecule has 0 radical (unpaired) electrons. The average molecular weight is 515 g/mol. The van der Waals surface area contributed by atoms with E-state index in [1.165, 1.54) is 10.8 Å². The van der Waals surface area contributed by atoms with E-state index in [1.54, 1.807) is 6.26 Å². The minimum absolute atomic E-state index is 0.634. The highest BCUT2D eigenvalue weighted by molar-refractivity contribution is 6.17. The molecule has 0 saturated carbocycles. The lowest BCUT2D eigenvalue weighted by atomic mass is 10.1. The van der Waals surface area contributed by atoms with Gasteiger partial charge in [0.05, 0.1) is 17.3 Å². The van der Waals surface area contributed by atoms with Crippen molar-refractivity contribution < 1.29 is 4.42 Å². The fourth-order valence-corrected chi connectivity index (χ4v) is 5.44. The molecule has 5 aromatic carbocycles. The fourth-order valence-electron chi connectivity index (χ4n) is 5.44. The number of fused-ring (bicyclic) bond motifs is 5. The Balaban J connectivity index is 1.30. The largest absolute Gasteiger partial charge is 0.462 e. The molecule has 0 atom stereocenters. The number of nitrogens with zero attached hydrogens (tertiary/aromatic N) is 4. The second-order valence-corrected chi connectivity index (χ2v) is 9.74. The molecule has 0 aliphatic heterocycles. The van der Waals surface area contributed by atoms with E-state index in [0.29, 0.717) is 17.5 Å². The van der Waals surface area contributed by atoms with Crippen LogP contribution in [0.5, 0.6) is 0 Å². The summed E-state index contributed by atoms with van der Waals surface area (Å²) >= 11 is 0. The first-order valence-corrected chi connectivity index (χ1v) is 13.2. The molecule has 3 aromatic heterocycles. The topological polar surface area (TPSA) is 56.7 Å². The van der Waals surface area contributed by atoms with Crippen LogP contribution in [-0.2, 0) is 0 Å². The molecule has 0 unspecified atom stereocenters. The first-order valence-electron chi connectivity index (χ1n) is 13.2. The van der Waals surface area contributed by atoms with Crippen molar-refractivity contribution in [2.75, 3.05) is 0 Å². The lowest BCUT2D eigenvalue weighted by Gasteiger charge is -2.11. The average Bonchev–Trinajstić information content (AvgIpc) is 3.65. The molecule has 8 aromatic rings. The number of para-hydroxylation sites is 1. The molecule has 0 saturated heterocycles. The third-order valence-electron chi connectivity index (χ3n) is 7.34. The molecule has 0 amide bonds. The van der Waals surface area contributed by atoms with Gasteiger partial charge in [-0.05, 0) is 36.4 Å². The number of benzene rings is 5. The quantitative estimate of drug-likeness (QED) is 0.236. The van der Waals surface area contributed by atoms with Gasteiger partial charge in [-0.25, -0.2) is 15.0 Å². The van der Waals surface area contributed by atoms with Crippen molar-refractivity contribution in [1.29, 1.82) is 0 Å². The Hall–Kier alpha value is -5.55. The van der Waals surface area contributed by atoms with Gasteiger partial charge in [-0.15, -0.1) is 0 Å². The second-order valence-electron chi connectivity index (χ2n) is 9.74. The maximum absolute atomic E-state index is 5.98. The highest BCUT2D eigenvalue weighted by Gasteiger charge is 2.17. The molecule has 0 aliphatic carbocycles. The van der Waals surface area contributed by atoms with Crippen LogP contribution in [0.25, 0.3) is 72.6 Å². The molecule has 188 valence electrons. The summed E-state index contributed by atoms with van der Waals surface area (Å²) in [6.45, 7) is 0. The minimum Gasteiger partial charge on any atom is -0.462 e. The molecule has 0 aliphatic rings. The zero-order valence-electron chi connectivity index (χ0n) is 21.4. The number of rotatable bonds is 4. The van der Waals surface area contributed by atoms with E-state index in [-0.39, 0.29) is 0 Å². The zero-order chi connectivity index (χ0) is 26.5. The third-order valence-corrected chi connectivity index (χ3v) is 7.34. The monoisotopic (exact) mass is 514 g/mol. The molecule has 5 nitrogen and oxygen atoms in total. The van der Waals surface area contributed by atoms with E-state index in [4.69, 9.17) is 19.4 Å². The Morgan fingerprint density at radius 2 is 1.05 bits per heavy atom. The van der Waals surface area contributed by atoms with E-state index in [2.05, 4.69) is 65.2 Å². The Bertz CT molecular complexity index is 2090. The van der Waals surface area contributed by atoms with Gasteiger partial charge < -0.3 is 8.98 Å². The van der Waals surface area contributed by atoms with Gasteiger partial charge in [0.1, 0.15) is 0 Å². The van der Waals surface area contributed by atoms with Gasteiger partial charge in [-0.1, -0.05) is 91.0 Å². The van der Waals surface area contributed by atoms with E-state index < -0.39 is 0 Å². The molecular weight excluding hydrogens is 492 g/mol. The molecule has 0 fully saturated rings. The molecule has 5 heteroatoms. The van der Waals surface area contributed by atoms with Crippen LogP contribution in [0.3, 0.4) is 0 Å². The summed E-state index contributed by atoms with van der Waals surface area (Å²) in [5, 5.41) is 3.44. The first kappa shape index (κ1) is 22.4. The number of aromatic nitrogens is 4. The maximum atomic E-state index is 5.98. The number of hydrogen-bond acceptors (Lipinski definition) is 4. The summed E-state index contributed by atoms with van der Waals surface area (Å²) < 4.78 is 8.25. The van der Waals surface area contributed by atoms with Crippen LogP contribution in [0.2, 0.25) is 0 Å². The van der Waals surface area contributed by atoms with Crippen LogP contribution in [0, 0.1) is 0 Å².